The van der Waals surface area contributed by atoms with E-state index in [1.807, 2.05) is 55.5 Å². The molecule has 5 rings (SSSR count). The largest absolute Gasteiger partial charge is 0.494 e. The number of carbonyl (C=O) groups is 6. The lowest BCUT2D eigenvalue weighted by molar-refractivity contribution is -0.139. The van der Waals surface area contributed by atoms with Gasteiger partial charge in [-0.25, -0.2) is 0 Å². The van der Waals surface area contributed by atoms with Crippen LogP contribution in [0.5, 0.6) is 5.75 Å². The molecule has 0 saturated carbocycles. The normalized spacial score (nSPS) is 19.9. The molecule has 5 amide bonds. The maximum absolute atomic E-state index is 14.1. The molecule has 2 heterocycles. The fourth-order valence-electron chi connectivity index (χ4n) is 7.02. The van der Waals surface area contributed by atoms with Gasteiger partial charge in [0.25, 0.3) is 0 Å². The Labute approximate surface area is 326 Å². The molecule has 0 radical (unpaired) electrons. The molecule has 2 aliphatic heterocycles. The summed E-state index contributed by atoms with van der Waals surface area (Å²) in [4.78, 5) is 80.4. The van der Waals surface area contributed by atoms with E-state index >= 15 is 0 Å². The zero-order valence-corrected chi connectivity index (χ0v) is 32.0. The number of piperidine rings is 1. The topological polar surface area (TPSA) is 209 Å². The summed E-state index contributed by atoms with van der Waals surface area (Å²) in [7, 11) is 0. The molecule has 4 bridgehead atoms. The van der Waals surface area contributed by atoms with Gasteiger partial charge in [-0.15, -0.1) is 0 Å². The second kappa shape index (κ2) is 19.7. The van der Waals surface area contributed by atoms with E-state index in [4.69, 9.17) is 15.6 Å². The van der Waals surface area contributed by atoms with Crippen LogP contribution in [0.25, 0.3) is 0 Å². The Bertz CT molecular complexity index is 1900. The third kappa shape index (κ3) is 12.1. The molecule has 0 spiro atoms. The number of anilines is 1. The van der Waals surface area contributed by atoms with Gasteiger partial charge < -0.3 is 41.7 Å². The van der Waals surface area contributed by atoms with Crippen molar-refractivity contribution in [3.63, 3.8) is 0 Å². The minimum atomic E-state index is -1.27. The van der Waals surface area contributed by atoms with E-state index in [1.165, 1.54) is 0 Å². The van der Waals surface area contributed by atoms with Crippen molar-refractivity contribution in [1.29, 1.82) is 0 Å². The lowest BCUT2D eigenvalue weighted by atomic mass is 9.94. The average molecular weight is 769 g/mol. The molecule has 4 atom stereocenters. The van der Waals surface area contributed by atoms with Crippen molar-refractivity contribution in [3.8, 4) is 5.75 Å². The maximum atomic E-state index is 14.1. The molecule has 14 nitrogen and oxygen atoms in total. The highest BCUT2D eigenvalue weighted by molar-refractivity contribution is 5.97. The summed E-state index contributed by atoms with van der Waals surface area (Å²) in [6.07, 6.45) is 2.29. The minimum Gasteiger partial charge on any atom is -0.494 e. The van der Waals surface area contributed by atoms with Gasteiger partial charge in [0.1, 0.15) is 17.8 Å². The van der Waals surface area contributed by atoms with Crippen LogP contribution in [0.2, 0.25) is 0 Å². The van der Waals surface area contributed by atoms with Gasteiger partial charge in [0.15, 0.2) is 0 Å². The van der Waals surface area contributed by atoms with Crippen LogP contribution in [0.15, 0.2) is 66.7 Å². The monoisotopic (exact) mass is 768 g/mol. The van der Waals surface area contributed by atoms with Gasteiger partial charge in [-0.1, -0.05) is 42.5 Å². The zero-order chi connectivity index (χ0) is 40.2. The minimum absolute atomic E-state index is 0.140. The van der Waals surface area contributed by atoms with Crippen molar-refractivity contribution >= 4 is 41.2 Å². The second-order valence-corrected chi connectivity index (χ2v) is 14.7. The number of carboxylic acid groups (broad SMARTS) is 1. The maximum Gasteiger partial charge on any atom is 0.305 e. The highest BCUT2D eigenvalue weighted by Gasteiger charge is 2.32. The summed E-state index contributed by atoms with van der Waals surface area (Å²) in [6.45, 7) is 5.43. The molecule has 1 unspecified atom stereocenters. The number of aliphatic carboxylic acids is 1. The molecule has 56 heavy (non-hydrogen) atoms. The number of nitrogens with zero attached hydrogens (tertiary/aromatic N) is 1. The molecule has 0 aliphatic carbocycles. The lowest BCUT2D eigenvalue weighted by Gasteiger charge is -2.34. The van der Waals surface area contributed by atoms with E-state index in [0.29, 0.717) is 48.7 Å². The van der Waals surface area contributed by atoms with Crippen LogP contribution < -0.4 is 31.7 Å². The van der Waals surface area contributed by atoms with Crippen LogP contribution in [0, 0.1) is 19.8 Å². The van der Waals surface area contributed by atoms with E-state index in [-0.39, 0.29) is 37.6 Å². The van der Waals surface area contributed by atoms with Crippen molar-refractivity contribution in [1.82, 2.24) is 20.9 Å². The number of hydrogen-bond donors (Lipinski definition) is 6. The predicted molar refractivity (Wildman–Crippen MR) is 209 cm³/mol. The Balaban J connectivity index is 1.36. The predicted octanol–water partition coefficient (Wildman–Crippen LogP) is 2.92. The number of carbonyl (C=O) groups excluding carboxylic acids is 5. The van der Waals surface area contributed by atoms with E-state index < -0.39 is 54.1 Å². The fraction of sp³-hybridized carbons (Fsp3) is 0.429. The molecule has 2 aliphatic rings. The van der Waals surface area contributed by atoms with Crippen LogP contribution in [-0.2, 0) is 48.2 Å². The molecule has 298 valence electrons. The molecular formula is C42H52N6O8. The number of nitrogens with two attached hydrogens (primary N) is 1. The van der Waals surface area contributed by atoms with Crippen LogP contribution in [0.1, 0.15) is 66.3 Å². The van der Waals surface area contributed by atoms with Gasteiger partial charge in [0, 0.05) is 25.3 Å². The van der Waals surface area contributed by atoms with Crippen LogP contribution in [0.4, 0.5) is 5.69 Å². The van der Waals surface area contributed by atoms with Gasteiger partial charge in [-0.3, -0.25) is 28.8 Å². The number of nitrogens with one attached hydrogen (secondary N) is 4. The number of aryl methyl sites for hydroxylation is 3. The Morgan fingerprint density at radius 2 is 1.77 bits per heavy atom. The summed E-state index contributed by atoms with van der Waals surface area (Å²) in [6, 6.07) is 16.7. The van der Waals surface area contributed by atoms with Gasteiger partial charge >= 0.3 is 5.97 Å². The summed E-state index contributed by atoms with van der Waals surface area (Å²) in [5.74, 6) is -2.78. The van der Waals surface area contributed by atoms with Crippen LogP contribution >= 0.6 is 0 Å². The number of benzene rings is 3. The highest BCUT2D eigenvalue weighted by atomic mass is 16.5. The number of ether oxygens (including phenoxy) is 1. The highest BCUT2D eigenvalue weighted by Crippen LogP contribution is 2.23. The first-order chi connectivity index (χ1) is 26.8. The fourth-order valence-corrected chi connectivity index (χ4v) is 7.02. The molecular weight excluding hydrogens is 716 g/mol. The smallest absolute Gasteiger partial charge is 0.305 e. The second-order valence-electron chi connectivity index (χ2n) is 14.7. The summed E-state index contributed by atoms with van der Waals surface area (Å²) in [5.41, 5.74) is 10.2. The quantitative estimate of drug-likeness (QED) is 0.179. The third-order valence-corrected chi connectivity index (χ3v) is 10.4. The summed E-state index contributed by atoms with van der Waals surface area (Å²) in [5, 5.41) is 20.2. The SMILES string of the molecule is Cc1ccc2cc1CNC(=O)[C@H](CCc1ccccc1)NC(=O)[C@@H](NC(=O)Cc1ccc(NC(=O)[C@@H](N)CC(=O)O)cc1C)CC(=O)N1CCCC(CCO2)C1. The Kier molecular flexibility index (Phi) is 14.6. The third-order valence-electron chi connectivity index (χ3n) is 10.4. The number of carboxylic acids is 1. The Morgan fingerprint density at radius 1 is 0.982 bits per heavy atom. The van der Waals surface area contributed by atoms with Crippen LogP contribution in [0.3, 0.4) is 0 Å². The number of rotatable bonds is 10. The van der Waals surface area contributed by atoms with Gasteiger partial charge in [-0.05, 0) is 104 Å². The first-order valence-corrected chi connectivity index (χ1v) is 19.1. The van der Waals surface area contributed by atoms with E-state index in [0.717, 1.165) is 36.0 Å². The van der Waals surface area contributed by atoms with Gasteiger partial charge in [0.2, 0.25) is 29.5 Å². The van der Waals surface area contributed by atoms with E-state index in [2.05, 4.69) is 21.3 Å². The summed E-state index contributed by atoms with van der Waals surface area (Å²) >= 11 is 0. The average Bonchev–Trinajstić information content (AvgIpc) is 3.17. The number of fused-ring (bicyclic) bond motifs is 4. The van der Waals surface area contributed by atoms with Crippen molar-refractivity contribution in [2.75, 3.05) is 25.0 Å². The van der Waals surface area contributed by atoms with Crippen molar-refractivity contribution in [3.05, 3.63) is 94.5 Å². The molecule has 7 N–H and O–H groups in total. The summed E-state index contributed by atoms with van der Waals surface area (Å²) < 4.78 is 6.11. The first-order valence-electron chi connectivity index (χ1n) is 19.1. The molecule has 14 heteroatoms. The lowest BCUT2D eigenvalue weighted by Crippen LogP contribution is -2.55. The van der Waals surface area contributed by atoms with Crippen molar-refractivity contribution < 1.29 is 38.6 Å². The van der Waals surface area contributed by atoms with Crippen molar-refractivity contribution in [2.45, 2.75) is 89.9 Å². The van der Waals surface area contributed by atoms with Crippen LogP contribution in [-0.4, -0.2) is 83.3 Å². The number of amides is 5. The molecule has 0 aromatic heterocycles. The molecule has 1 fully saturated rings. The molecule has 1 saturated heterocycles. The van der Waals surface area contributed by atoms with Gasteiger partial charge in [0.05, 0.1) is 31.9 Å². The number of hydrogen-bond acceptors (Lipinski definition) is 8. The van der Waals surface area contributed by atoms with E-state index in [9.17, 15) is 28.8 Å². The standard InChI is InChI=1S/C42H52N6O8/c1-26-10-14-33-20-31(26)24-44-41(54)35(15-11-28-7-4-3-5-8-28)47-42(55)36(23-38(50)48-17-6-9-29(25-48)16-18-56-33)46-37(49)21-30-12-13-32(19-27(30)2)45-40(53)34(43)22-39(51)52/h3-5,7-8,10,12-14,19-20,29,34-36H,6,9,11,15-18,21-25,43H2,1-2H3,(H,44,54)(H,45,53)(H,46,49)(H,47,55)(H,51,52)/t29?,34-,35-,36-/m0/s1. The Hall–Kier alpha value is -5.76. The molecule has 3 aromatic carbocycles. The van der Waals surface area contributed by atoms with Crippen molar-refractivity contribution in [2.24, 2.45) is 11.7 Å². The molecule has 3 aromatic rings. The zero-order valence-electron chi connectivity index (χ0n) is 32.0. The Morgan fingerprint density at radius 3 is 2.52 bits per heavy atom. The van der Waals surface area contributed by atoms with Gasteiger partial charge in [-0.2, -0.15) is 0 Å². The first kappa shape index (κ1) is 41.4. The van der Waals surface area contributed by atoms with E-state index in [1.54, 1.807) is 30.0 Å².